The van der Waals surface area contributed by atoms with Crippen LogP contribution in [0.5, 0.6) is 0 Å². The first-order valence-electron chi connectivity index (χ1n) is 5.09. The highest BCUT2D eigenvalue weighted by atomic mass is 15.2. The molecule has 74 valence electrons. The topological polar surface area (TPSA) is 29.3 Å². The predicted octanol–water partition coefficient (Wildman–Crippen LogP) is 1.85. The van der Waals surface area contributed by atoms with E-state index in [0.29, 0.717) is 0 Å². The number of nitrogens with two attached hydrogens (primary N) is 1. The monoisotopic (exact) mass is 172 g/mol. The summed E-state index contributed by atoms with van der Waals surface area (Å²) in [6.45, 7) is 11.9. The van der Waals surface area contributed by atoms with Crippen LogP contribution < -0.4 is 5.73 Å². The van der Waals surface area contributed by atoms with Crippen molar-refractivity contribution in [3.8, 4) is 0 Å². The van der Waals surface area contributed by atoms with Gasteiger partial charge in [-0.05, 0) is 26.4 Å². The molecule has 0 bridgehead atoms. The maximum Gasteiger partial charge on any atom is 0.0303 e. The van der Waals surface area contributed by atoms with Crippen LogP contribution in [0.1, 0.15) is 40.5 Å². The first-order chi connectivity index (χ1) is 5.64. The third-order valence-corrected chi connectivity index (χ3v) is 2.76. The quantitative estimate of drug-likeness (QED) is 0.662. The van der Waals surface area contributed by atoms with E-state index in [1.54, 1.807) is 0 Å². The Kier molecular flexibility index (Phi) is 5.51. The summed E-state index contributed by atoms with van der Waals surface area (Å²) in [6, 6.07) is 0. The molecule has 0 radical (unpaired) electrons. The summed E-state index contributed by atoms with van der Waals surface area (Å²) >= 11 is 0. The molecule has 0 aliphatic rings. The summed E-state index contributed by atoms with van der Waals surface area (Å²) in [4.78, 5) is 2.45. The summed E-state index contributed by atoms with van der Waals surface area (Å²) in [6.07, 6.45) is 2.41. The zero-order chi connectivity index (χ0) is 9.61. The molecule has 0 aromatic rings. The SMILES string of the molecule is CCCC(C)(CN)N(CC)CC. The molecule has 1 unspecified atom stereocenters. The Morgan fingerprint density at radius 1 is 1.17 bits per heavy atom. The van der Waals surface area contributed by atoms with Crippen molar-refractivity contribution in [2.75, 3.05) is 19.6 Å². The molecule has 0 aliphatic heterocycles. The van der Waals surface area contributed by atoms with E-state index in [2.05, 4.69) is 32.6 Å². The number of rotatable bonds is 6. The van der Waals surface area contributed by atoms with Crippen molar-refractivity contribution in [1.29, 1.82) is 0 Å². The predicted molar refractivity (Wildman–Crippen MR) is 55.3 cm³/mol. The van der Waals surface area contributed by atoms with Crippen LogP contribution in [0.2, 0.25) is 0 Å². The Bertz CT molecular complexity index is 110. The van der Waals surface area contributed by atoms with Crippen LogP contribution >= 0.6 is 0 Å². The number of hydrogen-bond acceptors (Lipinski definition) is 2. The Hall–Kier alpha value is -0.0800. The first kappa shape index (κ1) is 11.9. The molecule has 2 heteroatoms. The lowest BCUT2D eigenvalue weighted by Gasteiger charge is -2.39. The van der Waals surface area contributed by atoms with Gasteiger partial charge in [0.1, 0.15) is 0 Å². The number of likely N-dealkylation sites (N-methyl/N-ethyl adjacent to an activating group) is 1. The minimum Gasteiger partial charge on any atom is -0.329 e. The Balaban J connectivity index is 4.24. The highest BCUT2D eigenvalue weighted by Crippen LogP contribution is 2.19. The Morgan fingerprint density at radius 2 is 1.67 bits per heavy atom. The van der Waals surface area contributed by atoms with Crippen LogP contribution in [0.25, 0.3) is 0 Å². The van der Waals surface area contributed by atoms with E-state index in [-0.39, 0.29) is 5.54 Å². The van der Waals surface area contributed by atoms with Crippen molar-refractivity contribution in [2.45, 2.75) is 46.1 Å². The van der Waals surface area contributed by atoms with Gasteiger partial charge in [0, 0.05) is 12.1 Å². The van der Waals surface area contributed by atoms with Gasteiger partial charge < -0.3 is 5.73 Å². The molecule has 0 aliphatic carbocycles. The lowest BCUT2D eigenvalue weighted by Crippen LogP contribution is -2.51. The molecule has 0 rings (SSSR count). The minimum absolute atomic E-state index is 0.220. The average molecular weight is 172 g/mol. The van der Waals surface area contributed by atoms with Gasteiger partial charge in [0.25, 0.3) is 0 Å². The minimum atomic E-state index is 0.220. The zero-order valence-electron chi connectivity index (χ0n) is 9.06. The fourth-order valence-electron chi connectivity index (χ4n) is 1.91. The van der Waals surface area contributed by atoms with Gasteiger partial charge in [0.2, 0.25) is 0 Å². The summed E-state index contributed by atoms with van der Waals surface area (Å²) in [5.41, 5.74) is 6.02. The second kappa shape index (κ2) is 5.55. The molecular weight excluding hydrogens is 148 g/mol. The van der Waals surface area contributed by atoms with Crippen LogP contribution in [-0.2, 0) is 0 Å². The maximum absolute atomic E-state index is 5.80. The van der Waals surface area contributed by atoms with E-state index in [1.807, 2.05) is 0 Å². The van der Waals surface area contributed by atoms with E-state index < -0.39 is 0 Å². The lowest BCUT2D eigenvalue weighted by molar-refractivity contribution is 0.114. The van der Waals surface area contributed by atoms with Crippen molar-refractivity contribution < 1.29 is 0 Å². The van der Waals surface area contributed by atoms with Crippen molar-refractivity contribution in [2.24, 2.45) is 5.73 Å². The first-order valence-corrected chi connectivity index (χ1v) is 5.09. The molecule has 2 N–H and O–H groups in total. The van der Waals surface area contributed by atoms with Crippen LogP contribution in [0.3, 0.4) is 0 Å². The van der Waals surface area contributed by atoms with Crippen LogP contribution in [0.4, 0.5) is 0 Å². The van der Waals surface area contributed by atoms with Gasteiger partial charge in [0.15, 0.2) is 0 Å². The van der Waals surface area contributed by atoms with Gasteiger partial charge in [-0.2, -0.15) is 0 Å². The molecule has 0 amide bonds. The molecule has 0 aromatic carbocycles. The molecule has 2 nitrogen and oxygen atoms in total. The highest BCUT2D eigenvalue weighted by Gasteiger charge is 2.26. The Labute approximate surface area is 77.1 Å². The third-order valence-electron chi connectivity index (χ3n) is 2.76. The summed E-state index contributed by atoms with van der Waals surface area (Å²) < 4.78 is 0. The maximum atomic E-state index is 5.80. The Morgan fingerprint density at radius 3 is 1.92 bits per heavy atom. The molecule has 0 aromatic heterocycles. The molecular formula is C10H24N2. The zero-order valence-corrected chi connectivity index (χ0v) is 9.06. The normalized spacial score (nSPS) is 16.5. The standard InChI is InChI=1S/C10H24N2/c1-5-8-10(4,9-11)12(6-2)7-3/h5-9,11H2,1-4H3. The summed E-state index contributed by atoms with van der Waals surface area (Å²) in [7, 11) is 0. The van der Waals surface area contributed by atoms with E-state index in [0.717, 1.165) is 19.6 Å². The molecule has 12 heavy (non-hydrogen) atoms. The smallest absolute Gasteiger partial charge is 0.0303 e. The molecule has 0 fully saturated rings. The van der Waals surface area contributed by atoms with Crippen molar-refractivity contribution >= 4 is 0 Å². The largest absolute Gasteiger partial charge is 0.329 e. The lowest BCUT2D eigenvalue weighted by atomic mass is 9.94. The van der Waals surface area contributed by atoms with Gasteiger partial charge in [-0.25, -0.2) is 0 Å². The van der Waals surface area contributed by atoms with Crippen LogP contribution in [0, 0.1) is 0 Å². The molecule has 0 saturated heterocycles. The third kappa shape index (κ3) is 2.76. The van der Waals surface area contributed by atoms with Crippen molar-refractivity contribution in [3.05, 3.63) is 0 Å². The van der Waals surface area contributed by atoms with E-state index in [4.69, 9.17) is 5.73 Å². The molecule has 0 saturated carbocycles. The summed E-state index contributed by atoms with van der Waals surface area (Å²) in [5, 5.41) is 0. The van der Waals surface area contributed by atoms with Gasteiger partial charge in [0.05, 0.1) is 0 Å². The van der Waals surface area contributed by atoms with Gasteiger partial charge in [-0.1, -0.05) is 27.2 Å². The van der Waals surface area contributed by atoms with E-state index >= 15 is 0 Å². The van der Waals surface area contributed by atoms with Gasteiger partial charge >= 0.3 is 0 Å². The van der Waals surface area contributed by atoms with Crippen LogP contribution in [-0.4, -0.2) is 30.1 Å². The fourth-order valence-corrected chi connectivity index (χ4v) is 1.91. The highest BCUT2D eigenvalue weighted by molar-refractivity contribution is 4.85. The average Bonchev–Trinajstić information content (AvgIpc) is 2.07. The number of nitrogens with zero attached hydrogens (tertiary/aromatic N) is 1. The molecule has 0 heterocycles. The second-order valence-corrected chi connectivity index (χ2v) is 3.62. The van der Waals surface area contributed by atoms with Gasteiger partial charge in [-0.3, -0.25) is 4.90 Å². The molecule has 1 atom stereocenters. The van der Waals surface area contributed by atoms with E-state index in [1.165, 1.54) is 12.8 Å². The molecule has 0 spiro atoms. The summed E-state index contributed by atoms with van der Waals surface area (Å²) in [5.74, 6) is 0. The van der Waals surface area contributed by atoms with E-state index in [9.17, 15) is 0 Å². The second-order valence-electron chi connectivity index (χ2n) is 3.62. The number of hydrogen-bond donors (Lipinski definition) is 1. The van der Waals surface area contributed by atoms with Crippen molar-refractivity contribution in [3.63, 3.8) is 0 Å². The van der Waals surface area contributed by atoms with Gasteiger partial charge in [-0.15, -0.1) is 0 Å². The fraction of sp³-hybridized carbons (Fsp3) is 1.00. The van der Waals surface area contributed by atoms with Crippen LogP contribution in [0.15, 0.2) is 0 Å². The van der Waals surface area contributed by atoms with Crippen molar-refractivity contribution in [1.82, 2.24) is 4.90 Å².